The second-order valence-corrected chi connectivity index (χ2v) is 5.33. The number of guanidine groups is 1. The number of para-hydroxylation sites is 1. The highest BCUT2D eigenvalue weighted by Crippen LogP contribution is 2.16. The van der Waals surface area contributed by atoms with Crippen molar-refractivity contribution in [3.63, 3.8) is 0 Å². The minimum Gasteiger partial charge on any atom is -0.496 e. The minimum atomic E-state index is 0.568. The van der Waals surface area contributed by atoms with Gasteiger partial charge in [0.15, 0.2) is 5.96 Å². The Morgan fingerprint density at radius 1 is 1.08 bits per heavy atom. The van der Waals surface area contributed by atoms with Gasteiger partial charge in [0.2, 0.25) is 0 Å². The Balaban J connectivity index is 1.74. The summed E-state index contributed by atoms with van der Waals surface area (Å²) in [6, 6.07) is 15.9. The van der Waals surface area contributed by atoms with E-state index in [2.05, 4.69) is 28.6 Å². The van der Waals surface area contributed by atoms with Crippen LogP contribution in [0.5, 0.6) is 11.5 Å². The smallest absolute Gasteiger partial charge is 0.191 e. The Hall–Kier alpha value is -2.69. The van der Waals surface area contributed by atoms with Gasteiger partial charge in [0, 0.05) is 19.2 Å². The van der Waals surface area contributed by atoms with Crippen LogP contribution in [0.1, 0.15) is 11.1 Å². The van der Waals surface area contributed by atoms with Crippen molar-refractivity contribution in [2.24, 2.45) is 4.99 Å². The van der Waals surface area contributed by atoms with Crippen molar-refractivity contribution in [2.75, 3.05) is 27.3 Å². The Morgan fingerprint density at radius 3 is 2.67 bits per heavy atom. The molecule has 0 bridgehead atoms. The first-order chi connectivity index (χ1) is 11.7. The maximum atomic E-state index is 5.72. The molecule has 0 heterocycles. The first-order valence-corrected chi connectivity index (χ1v) is 7.99. The van der Waals surface area contributed by atoms with Crippen molar-refractivity contribution in [2.45, 2.75) is 13.5 Å². The monoisotopic (exact) mass is 327 g/mol. The molecule has 0 amide bonds. The molecule has 0 aromatic heterocycles. The first kappa shape index (κ1) is 17.7. The van der Waals surface area contributed by atoms with E-state index in [0.29, 0.717) is 19.7 Å². The third-order valence-corrected chi connectivity index (χ3v) is 3.52. The van der Waals surface area contributed by atoms with Crippen LogP contribution < -0.4 is 20.1 Å². The zero-order valence-corrected chi connectivity index (χ0v) is 14.5. The van der Waals surface area contributed by atoms with Gasteiger partial charge in [-0.05, 0) is 30.7 Å². The van der Waals surface area contributed by atoms with E-state index in [1.54, 1.807) is 14.2 Å². The van der Waals surface area contributed by atoms with Crippen LogP contribution in [0.3, 0.4) is 0 Å². The highest BCUT2D eigenvalue weighted by Gasteiger charge is 2.03. The lowest BCUT2D eigenvalue weighted by molar-refractivity contribution is 0.321. The molecule has 0 saturated heterocycles. The van der Waals surface area contributed by atoms with Crippen molar-refractivity contribution in [1.29, 1.82) is 0 Å². The van der Waals surface area contributed by atoms with Gasteiger partial charge in [0.25, 0.3) is 0 Å². The molecule has 0 spiro atoms. The average molecular weight is 327 g/mol. The van der Waals surface area contributed by atoms with Crippen LogP contribution in [0.15, 0.2) is 53.5 Å². The average Bonchev–Trinajstić information content (AvgIpc) is 2.61. The summed E-state index contributed by atoms with van der Waals surface area (Å²) in [5, 5.41) is 6.51. The fraction of sp³-hybridized carbons (Fsp3) is 0.316. The van der Waals surface area contributed by atoms with Gasteiger partial charge in [-0.1, -0.05) is 30.3 Å². The number of aliphatic imine (C=N–C) groups is 1. The zero-order valence-electron chi connectivity index (χ0n) is 14.5. The summed E-state index contributed by atoms with van der Waals surface area (Å²) in [5.74, 6) is 2.48. The minimum absolute atomic E-state index is 0.568. The summed E-state index contributed by atoms with van der Waals surface area (Å²) in [4.78, 5) is 4.22. The van der Waals surface area contributed by atoms with E-state index < -0.39 is 0 Å². The van der Waals surface area contributed by atoms with Gasteiger partial charge in [-0.25, -0.2) is 0 Å². The standard InChI is InChI=1S/C19H25N3O2/c1-15-7-6-9-17(13-15)24-12-11-21-19(20-2)22-14-16-8-4-5-10-18(16)23-3/h4-10,13H,11-12,14H2,1-3H3,(H2,20,21,22). The molecule has 0 aliphatic carbocycles. The quantitative estimate of drug-likeness (QED) is 0.466. The highest BCUT2D eigenvalue weighted by atomic mass is 16.5. The van der Waals surface area contributed by atoms with Gasteiger partial charge in [0.1, 0.15) is 18.1 Å². The van der Waals surface area contributed by atoms with Crippen LogP contribution >= 0.6 is 0 Å². The molecule has 5 heteroatoms. The number of hydrogen-bond donors (Lipinski definition) is 2. The lowest BCUT2D eigenvalue weighted by Gasteiger charge is -2.14. The van der Waals surface area contributed by atoms with Gasteiger partial charge in [-0.15, -0.1) is 0 Å². The third-order valence-electron chi connectivity index (χ3n) is 3.52. The Labute approximate surface area is 143 Å². The molecule has 0 unspecified atom stereocenters. The molecule has 24 heavy (non-hydrogen) atoms. The molecular weight excluding hydrogens is 302 g/mol. The van der Waals surface area contributed by atoms with Crippen LogP contribution in [-0.2, 0) is 6.54 Å². The summed E-state index contributed by atoms with van der Waals surface area (Å²) in [6.07, 6.45) is 0. The second kappa shape index (κ2) is 9.45. The molecule has 0 aliphatic heterocycles. The maximum absolute atomic E-state index is 5.72. The number of rotatable bonds is 7. The topological polar surface area (TPSA) is 54.9 Å². The highest BCUT2D eigenvalue weighted by molar-refractivity contribution is 5.79. The molecule has 128 valence electrons. The molecule has 2 aromatic carbocycles. The maximum Gasteiger partial charge on any atom is 0.191 e. The largest absolute Gasteiger partial charge is 0.496 e. The fourth-order valence-corrected chi connectivity index (χ4v) is 2.29. The SMILES string of the molecule is CN=C(NCCOc1cccc(C)c1)NCc1ccccc1OC. The van der Waals surface area contributed by atoms with Crippen LogP contribution in [0.25, 0.3) is 0 Å². The molecule has 2 rings (SSSR count). The summed E-state index contributed by atoms with van der Waals surface area (Å²) >= 11 is 0. The molecule has 2 N–H and O–H groups in total. The van der Waals surface area contributed by atoms with Gasteiger partial charge < -0.3 is 20.1 Å². The van der Waals surface area contributed by atoms with Gasteiger partial charge in [-0.3, -0.25) is 4.99 Å². The number of nitrogens with zero attached hydrogens (tertiary/aromatic N) is 1. The van der Waals surface area contributed by atoms with Crippen molar-refractivity contribution in [1.82, 2.24) is 10.6 Å². The van der Waals surface area contributed by atoms with Gasteiger partial charge in [-0.2, -0.15) is 0 Å². The number of nitrogens with one attached hydrogen (secondary N) is 2. The van der Waals surface area contributed by atoms with Crippen LogP contribution in [0, 0.1) is 6.92 Å². The molecule has 5 nitrogen and oxygen atoms in total. The van der Waals surface area contributed by atoms with Crippen molar-refractivity contribution in [3.8, 4) is 11.5 Å². The van der Waals surface area contributed by atoms with Crippen molar-refractivity contribution in [3.05, 3.63) is 59.7 Å². The van der Waals surface area contributed by atoms with E-state index in [0.717, 1.165) is 23.0 Å². The first-order valence-electron chi connectivity index (χ1n) is 7.99. The van der Waals surface area contributed by atoms with E-state index in [9.17, 15) is 0 Å². The lowest BCUT2D eigenvalue weighted by Crippen LogP contribution is -2.38. The Bertz CT molecular complexity index is 671. The molecular formula is C19H25N3O2. The number of ether oxygens (including phenoxy) is 2. The summed E-state index contributed by atoms with van der Waals surface area (Å²) in [7, 11) is 3.42. The van der Waals surface area contributed by atoms with Gasteiger partial charge >= 0.3 is 0 Å². The molecule has 0 radical (unpaired) electrons. The van der Waals surface area contributed by atoms with Crippen LogP contribution in [-0.4, -0.2) is 33.3 Å². The molecule has 0 fully saturated rings. The van der Waals surface area contributed by atoms with E-state index in [1.165, 1.54) is 5.56 Å². The zero-order chi connectivity index (χ0) is 17.2. The Kier molecular flexibility index (Phi) is 6.95. The molecule has 0 saturated carbocycles. The molecule has 0 atom stereocenters. The number of methoxy groups -OCH3 is 1. The van der Waals surface area contributed by atoms with Gasteiger partial charge in [0.05, 0.1) is 13.7 Å². The number of aryl methyl sites for hydroxylation is 1. The lowest BCUT2D eigenvalue weighted by atomic mass is 10.2. The predicted octanol–water partition coefficient (Wildman–Crippen LogP) is 2.75. The van der Waals surface area contributed by atoms with E-state index in [1.807, 2.05) is 42.5 Å². The summed E-state index contributed by atoms with van der Waals surface area (Å²) in [6.45, 7) is 3.93. The normalized spacial score (nSPS) is 11.0. The van der Waals surface area contributed by atoms with E-state index in [-0.39, 0.29) is 0 Å². The Morgan fingerprint density at radius 2 is 1.92 bits per heavy atom. The van der Waals surface area contributed by atoms with E-state index >= 15 is 0 Å². The number of hydrogen-bond acceptors (Lipinski definition) is 3. The van der Waals surface area contributed by atoms with Crippen molar-refractivity contribution < 1.29 is 9.47 Å². The number of benzene rings is 2. The van der Waals surface area contributed by atoms with E-state index in [4.69, 9.17) is 9.47 Å². The molecule has 2 aromatic rings. The third kappa shape index (κ3) is 5.50. The van der Waals surface area contributed by atoms with Crippen LogP contribution in [0.4, 0.5) is 0 Å². The van der Waals surface area contributed by atoms with Crippen LogP contribution in [0.2, 0.25) is 0 Å². The summed E-state index contributed by atoms with van der Waals surface area (Å²) < 4.78 is 11.1. The second-order valence-electron chi connectivity index (χ2n) is 5.33. The molecule has 0 aliphatic rings. The fourth-order valence-electron chi connectivity index (χ4n) is 2.29. The van der Waals surface area contributed by atoms with Crippen molar-refractivity contribution >= 4 is 5.96 Å². The predicted molar refractivity (Wildman–Crippen MR) is 97.9 cm³/mol. The summed E-state index contributed by atoms with van der Waals surface area (Å²) in [5.41, 5.74) is 2.27.